The number of amides is 1. The Kier molecular flexibility index (Phi) is 3.12. The standard InChI is InChI=1S/C12H17F2N3O/c1-7-8(2)16-17(11(15)18)10(7)9-3-5-12(13,14)6-4-9/h9H,3-6H2,1-2H3,(H2,15,18). The minimum Gasteiger partial charge on any atom is -0.350 e. The van der Waals surface area contributed by atoms with E-state index in [2.05, 4.69) is 5.10 Å². The zero-order valence-corrected chi connectivity index (χ0v) is 10.5. The van der Waals surface area contributed by atoms with Crippen LogP contribution in [0.4, 0.5) is 13.6 Å². The molecule has 100 valence electrons. The maximum absolute atomic E-state index is 13.1. The van der Waals surface area contributed by atoms with Crippen LogP contribution in [-0.4, -0.2) is 21.7 Å². The van der Waals surface area contributed by atoms with Gasteiger partial charge in [0.2, 0.25) is 5.92 Å². The van der Waals surface area contributed by atoms with Gasteiger partial charge in [-0.1, -0.05) is 0 Å². The van der Waals surface area contributed by atoms with Crippen LogP contribution >= 0.6 is 0 Å². The molecule has 1 aromatic rings. The van der Waals surface area contributed by atoms with E-state index in [1.165, 1.54) is 4.68 Å². The Hall–Kier alpha value is -1.46. The summed E-state index contributed by atoms with van der Waals surface area (Å²) < 4.78 is 27.5. The summed E-state index contributed by atoms with van der Waals surface area (Å²) in [6.45, 7) is 3.64. The number of carbonyl (C=O) groups is 1. The van der Waals surface area contributed by atoms with E-state index in [0.29, 0.717) is 18.5 Å². The van der Waals surface area contributed by atoms with Crippen molar-refractivity contribution in [2.75, 3.05) is 0 Å². The molecule has 2 N–H and O–H groups in total. The van der Waals surface area contributed by atoms with Crippen molar-refractivity contribution in [1.29, 1.82) is 0 Å². The average molecular weight is 257 g/mol. The smallest absolute Gasteiger partial charge is 0.339 e. The molecule has 0 aliphatic heterocycles. The van der Waals surface area contributed by atoms with E-state index in [1.54, 1.807) is 6.92 Å². The molecule has 0 atom stereocenters. The first-order valence-electron chi connectivity index (χ1n) is 6.05. The fourth-order valence-electron chi connectivity index (χ4n) is 2.58. The number of carbonyl (C=O) groups excluding carboxylic acids is 1. The summed E-state index contributed by atoms with van der Waals surface area (Å²) in [7, 11) is 0. The van der Waals surface area contributed by atoms with Gasteiger partial charge < -0.3 is 5.73 Å². The van der Waals surface area contributed by atoms with Gasteiger partial charge in [0.05, 0.1) is 11.4 Å². The molecule has 18 heavy (non-hydrogen) atoms. The van der Waals surface area contributed by atoms with E-state index in [0.717, 1.165) is 11.3 Å². The van der Waals surface area contributed by atoms with Crippen molar-refractivity contribution < 1.29 is 13.6 Å². The number of nitrogens with two attached hydrogens (primary N) is 1. The minimum atomic E-state index is -2.57. The maximum atomic E-state index is 13.1. The molecule has 0 unspecified atom stereocenters. The summed E-state index contributed by atoms with van der Waals surface area (Å²) in [6.07, 6.45) is 0.457. The number of hydrogen-bond donors (Lipinski definition) is 1. The molecule has 0 radical (unpaired) electrons. The number of nitrogens with zero attached hydrogens (tertiary/aromatic N) is 2. The quantitative estimate of drug-likeness (QED) is 0.840. The molecule has 4 nitrogen and oxygen atoms in total. The van der Waals surface area contributed by atoms with Gasteiger partial charge in [-0.15, -0.1) is 0 Å². The van der Waals surface area contributed by atoms with Crippen LogP contribution in [-0.2, 0) is 0 Å². The number of aryl methyl sites for hydroxylation is 1. The topological polar surface area (TPSA) is 60.9 Å². The van der Waals surface area contributed by atoms with Gasteiger partial charge in [0.15, 0.2) is 0 Å². The normalized spacial score (nSPS) is 20.0. The summed E-state index contributed by atoms with van der Waals surface area (Å²) in [6, 6.07) is -0.654. The van der Waals surface area contributed by atoms with Crippen molar-refractivity contribution in [3.63, 3.8) is 0 Å². The number of aromatic nitrogens is 2. The lowest BCUT2D eigenvalue weighted by Gasteiger charge is -2.28. The molecule has 1 aliphatic carbocycles. The van der Waals surface area contributed by atoms with E-state index in [4.69, 9.17) is 5.73 Å². The first-order valence-corrected chi connectivity index (χ1v) is 6.05. The van der Waals surface area contributed by atoms with Crippen LogP contribution in [0, 0.1) is 13.8 Å². The molecule has 0 spiro atoms. The minimum absolute atomic E-state index is 0.0571. The molecule has 1 heterocycles. The van der Waals surface area contributed by atoms with Gasteiger partial charge in [0, 0.05) is 18.8 Å². The molecule has 1 amide bonds. The van der Waals surface area contributed by atoms with Crippen molar-refractivity contribution in [3.05, 3.63) is 17.0 Å². The summed E-state index contributed by atoms with van der Waals surface area (Å²) >= 11 is 0. The number of rotatable bonds is 1. The summed E-state index contributed by atoms with van der Waals surface area (Å²) in [5.41, 5.74) is 7.58. The highest BCUT2D eigenvalue weighted by Gasteiger charge is 2.37. The lowest BCUT2D eigenvalue weighted by atomic mass is 9.83. The van der Waals surface area contributed by atoms with Crippen molar-refractivity contribution in [2.24, 2.45) is 5.73 Å². The fourth-order valence-corrected chi connectivity index (χ4v) is 2.58. The molecular weight excluding hydrogens is 240 g/mol. The van der Waals surface area contributed by atoms with Crippen LogP contribution in [0.1, 0.15) is 48.6 Å². The predicted octanol–water partition coefficient (Wildman–Crippen LogP) is 2.72. The summed E-state index contributed by atoms with van der Waals surface area (Å²) in [4.78, 5) is 11.3. The van der Waals surface area contributed by atoms with E-state index in [1.807, 2.05) is 6.92 Å². The van der Waals surface area contributed by atoms with Gasteiger partial charge in [0.1, 0.15) is 0 Å². The number of halogens is 2. The highest BCUT2D eigenvalue weighted by atomic mass is 19.3. The van der Waals surface area contributed by atoms with Crippen LogP contribution in [0.2, 0.25) is 0 Å². The highest BCUT2D eigenvalue weighted by Crippen LogP contribution is 2.41. The van der Waals surface area contributed by atoms with Crippen LogP contribution < -0.4 is 5.73 Å². The van der Waals surface area contributed by atoms with Crippen molar-refractivity contribution in [2.45, 2.75) is 51.4 Å². The number of alkyl halides is 2. The average Bonchev–Trinajstić information content (AvgIpc) is 2.57. The number of hydrogen-bond acceptors (Lipinski definition) is 2. The Morgan fingerprint density at radius 2 is 1.94 bits per heavy atom. The van der Waals surface area contributed by atoms with Gasteiger partial charge in [-0.05, 0) is 32.3 Å². The third kappa shape index (κ3) is 2.23. The largest absolute Gasteiger partial charge is 0.350 e. The SMILES string of the molecule is Cc1nn(C(N)=O)c(C2CCC(F)(F)CC2)c1C. The van der Waals surface area contributed by atoms with Gasteiger partial charge in [-0.2, -0.15) is 9.78 Å². The molecule has 1 aliphatic rings. The predicted molar refractivity (Wildman–Crippen MR) is 62.8 cm³/mol. The Morgan fingerprint density at radius 3 is 2.44 bits per heavy atom. The van der Waals surface area contributed by atoms with E-state index >= 15 is 0 Å². The zero-order valence-electron chi connectivity index (χ0n) is 10.5. The van der Waals surface area contributed by atoms with Crippen LogP contribution in [0.25, 0.3) is 0 Å². The molecule has 0 saturated heterocycles. The fraction of sp³-hybridized carbons (Fsp3) is 0.667. The lowest BCUT2D eigenvalue weighted by molar-refractivity contribution is -0.0386. The van der Waals surface area contributed by atoms with Gasteiger partial charge in [-0.25, -0.2) is 13.6 Å². The molecular formula is C12H17F2N3O. The first-order chi connectivity index (χ1) is 8.32. The van der Waals surface area contributed by atoms with Crippen molar-refractivity contribution in [3.8, 4) is 0 Å². The molecule has 1 saturated carbocycles. The van der Waals surface area contributed by atoms with Crippen LogP contribution in [0.15, 0.2) is 0 Å². The molecule has 0 aromatic carbocycles. The second-order valence-electron chi connectivity index (χ2n) is 4.98. The van der Waals surface area contributed by atoms with E-state index < -0.39 is 12.0 Å². The van der Waals surface area contributed by atoms with E-state index in [9.17, 15) is 13.6 Å². The lowest BCUT2D eigenvalue weighted by Crippen LogP contribution is -2.28. The van der Waals surface area contributed by atoms with Gasteiger partial charge in [0.25, 0.3) is 0 Å². The molecule has 1 aromatic heterocycles. The third-order valence-corrected chi connectivity index (χ3v) is 3.72. The Bertz CT molecular complexity index is 472. The highest BCUT2D eigenvalue weighted by molar-refractivity contribution is 5.75. The molecule has 6 heteroatoms. The monoisotopic (exact) mass is 257 g/mol. The van der Waals surface area contributed by atoms with Crippen LogP contribution in [0.5, 0.6) is 0 Å². The first kappa shape index (κ1) is 13.0. The molecule has 2 rings (SSSR count). The Morgan fingerprint density at radius 1 is 1.39 bits per heavy atom. The number of primary amides is 1. The van der Waals surface area contributed by atoms with E-state index in [-0.39, 0.29) is 18.8 Å². The van der Waals surface area contributed by atoms with Crippen molar-refractivity contribution >= 4 is 6.03 Å². The molecule has 1 fully saturated rings. The second-order valence-corrected chi connectivity index (χ2v) is 4.98. The Labute approximate surface area is 104 Å². The maximum Gasteiger partial charge on any atom is 0.339 e. The Balaban J connectivity index is 2.31. The second kappa shape index (κ2) is 4.33. The van der Waals surface area contributed by atoms with Gasteiger partial charge in [-0.3, -0.25) is 0 Å². The molecule has 0 bridgehead atoms. The van der Waals surface area contributed by atoms with Gasteiger partial charge >= 0.3 is 6.03 Å². The van der Waals surface area contributed by atoms with Crippen LogP contribution in [0.3, 0.4) is 0 Å². The van der Waals surface area contributed by atoms with Crippen molar-refractivity contribution in [1.82, 2.24) is 9.78 Å². The summed E-state index contributed by atoms with van der Waals surface area (Å²) in [5.74, 6) is -2.63. The summed E-state index contributed by atoms with van der Waals surface area (Å²) in [5, 5.41) is 4.08. The third-order valence-electron chi connectivity index (χ3n) is 3.72. The zero-order chi connectivity index (χ0) is 13.5.